The van der Waals surface area contributed by atoms with Gasteiger partial charge < -0.3 is 10.1 Å². The molecule has 1 atom stereocenters. The predicted molar refractivity (Wildman–Crippen MR) is 109 cm³/mol. The molecule has 27 heavy (non-hydrogen) atoms. The molecular formula is C21H22BrN3O2. The Hall–Kier alpha value is -2.60. The van der Waals surface area contributed by atoms with Crippen molar-refractivity contribution in [2.45, 2.75) is 25.8 Å². The average Bonchev–Trinajstić information content (AvgIpc) is 3.08. The van der Waals surface area contributed by atoms with Crippen LogP contribution in [0.15, 0.2) is 59.1 Å². The largest absolute Gasteiger partial charge is 0.497 e. The van der Waals surface area contributed by atoms with Crippen LogP contribution in [0.3, 0.4) is 0 Å². The van der Waals surface area contributed by atoms with E-state index in [1.807, 2.05) is 68.4 Å². The summed E-state index contributed by atoms with van der Waals surface area (Å²) in [5.41, 5.74) is 3.21. The summed E-state index contributed by atoms with van der Waals surface area (Å²) in [5, 5.41) is 10.3. The zero-order chi connectivity index (χ0) is 19.4. The van der Waals surface area contributed by atoms with Gasteiger partial charge in [-0.25, -0.2) is 0 Å². The maximum Gasteiger partial charge on any atom is 0.273 e. The maximum atomic E-state index is 12.9. The number of carbonyl (C=O) groups is 1. The van der Waals surface area contributed by atoms with Crippen LogP contribution in [0.4, 0.5) is 0 Å². The number of halogens is 1. The normalized spacial score (nSPS) is 12.0. The van der Waals surface area contributed by atoms with Gasteiger partial charge >= 0.3 is 0 Å². The number of nitrogens with one attached hydrogen (secondary N) is 2. The number of rotatable bonds is 6. The SMILES string of the molecule is COc1ccc(C(NC(=O)c2n[nH]c(C(C)C)c2Br)c2ccccc2)cc1. The van der Waals surface area contributed by atoms with Crippen molar-refractivity contribution in [3.63, 3.8) is 0 Å². The van der Waals surface area contributed by atoms with Gasteiger partial charge in [0.25, 0.3) is 5.91 Å². The van der Waals surface area contributed by atoms with Gasteiger partial charge in [-0.2, -0.15) is 5.10 Å². The minimum Gasteiger partial charge on any atom is -0.497 e. The highest BCUT2D eigenvalue weighted by molar-refractivity contribution is 9.10. The Bertz CT molecular complexity index is 905. The van der Waals surface area contributed by atoms with Gasteiger partial charge in [0, 0.05) is 0 Å². The lowest BCUT2D eigenvalue weighted by atomic mass is 9.98. The zero-order valence-corrected chi connectivity index (χ0v) is 17.1. The first-order valence-corrected chi connectivity index (χ1v) is 9.54. The van der Waals surface area contributed by atoms with E-state index in [2.05, 4.69) is 31.4 Å². The van der Waals surface area contributed by atoms with Crippen molar-refractivity contribution in [2.75, 3.05) is 7.11 Å². The van der Waals surface area contributed by atoms with E-state index in [0.717, 1.165) is 22.6 Å². The molecule has 0 aliphatic carbocycles. The lowest BCUT2D eigenvalue weighted by Gasteiger charge is -2.20. The van der Waals surface area contributed by atoms with Gasteiger partial charge in [0.15, 0.2) is 5.69 Å². The Morgan fingerprint density at radius 1 is 1.07 bits per heavy atom. The van der Waals surface area contributed by atoms with Gasteiger partial charge in [-0.15, -0.1) is 0 Å². The van der Waals surface area contributed by atoms with Gasteiger partial charge in [0.1, 0.15) is 5.75 Å². The van der Waals surface area contributed by atoms with E-state index >= 15 is 0 Å². The van der Waals surface area contributed by atoms with Crippen molar-refractivity contribution < 1.29 is 9.53 Å². The van der Waals surface area contributed by atoms with Crippen LogP contribution in [0.2, 0.25) is 0 Å². The third-order valence-corrected chi connectivity index (χ3v) is 5.19. The highest BCUT2D eigenvalue weighted by Crippen LogP contribution is 2.28. The third-order valence-electron chi connectivity index (χ3n) is 4.38. The number of H-pyrrole nitrogens is 1. The summed E-state index contributed by atoms with van der Waals surface area (Å²) in [7, 11) is 1.63. The fourth-order valence-corrected chi connectivity index (χ4v) is 3.69. The molecule has 0 aliphatic heterocycles. The Kier molecular flexibility index (Phi) is 5.96. The summed E-state index contributed by atoms with van der Waals surface area (Å²) < 4.78 is 5.94. The number of nitrogens with zero attached hydrogens (tertiary/aromatic N) is 1. The molecule has 1 unspecified atom stereocenters. The van der Waals surface area contributed by atoms with Gasteiger partial charge in [-0.3, -0.25) is 9.89 Å². The molecule has 6 heteroatoms. The van der Waals surface area contributed by atoms with E-state index in [9.17, 15) is 4.79 Å². The Balaban J connectivity index is 1.93. The molecule has 0 radical (unpaired) electrons. The Morgan fingerprint density at radius 3 is 2.26 bits per heavy atom. The molecular weight excluding hydrogens is 406 g/mol. The van der Waals surface area contributed by atoms with Crippen LogP contribution in [-0.2, 0) is 0 Å². The van der Waals surface area contributed by atoms with Crippen molar-refractivity contribution in [2.24, 2.45) is 0 Å². The first-order valence-electron chi connectivity index (χ1n) is 8.74. The molecule has 1 amide bonds. The molecule has 0 saturated heterocycles. The summed E-state index contributed by atoms with van der Waals surface area (Å²) in [4.78, 5) is 12.9. The molecule has 5 nitrogen and oxygen atoms in total. The van der Waals surface area contributed by atoms with Crippen LogP contribution in [0.5, 0.6) is 5.75 Å². The number of methoxy groups -OCH3 is 1. The van der Waals surface area contributed by atoms with Crippen LogP contribution in [0.1, 0.15) is 53.1 Å². The summed E-state index contributed by atoms with van der Waals surface area (Å²) >= 11 is 3.50. The molecule has 1 aromatic heterocycles. The summed E-state index contributed by atoms with van der Waals surface area (Å²) in [6, 6.07) is 17.2. The molecule has 140 valence electrons. The van der Waals surface area contributed by atoms with E-state index in [1.54, 1.807) is 7.11 Å². The standard InChI is InChI=1S/C21H22BrN3O2/c1-13(2)18-17(22)20(25-24-18)21(26)23-19(14-7-5-4-6-8-14)15-9-11-16(27-3)12-10-15/h4-13,19H,1-3H3,(H,23,26)(H,24,25). The number of aromatic amines is 1. The molecule has 0 saturated carbocycles. The van der Waals surface area contributed by atoms with E-state index in [-0.39, 0.29) is 17.9 Å². The topological polar surface area (TPSA) is 67.0 Å². The molecule has 0 aliphatic rings. The quantitative estimate of drug-likeness (QED) is 0.592. The smallest absolute Gasteiger partial charge is 0.273 e. The summed E-state index contributed by atoms with van der Waals surface area (Å²) in [5.74, 6) is 0.767. The number of ether oxygens (including phenoxy) is 1. The van der Waals surface area contributed by atoms with E-state index in [0.29, 0.717) is 10.2 Å². The molecule has 0 fully saturated rings. The average molecular weight is 428 g/mol. The second kappa shape index (κ2) is 8.39. The summed E-state index contributed by atoms with van der Waals surface area (Å²) in [6.45, 7) is 4.09. The molecule has 3 aromatic rings. The van der Waals surface area contributed by atoms with Crippen LogP contribution < -0.4 is 10.1 Å². The third kappa shape index (κ3) is 4.22. The highest BCUT2D eigenvalue weighted by Gasteiger charge is 2.23. The fraction of sp³-hybridized carbons (Fsp3) is 0.238. The molecule has 1 heterocycles. The first kappa shape index (κ1) is 19.2. The molecule has 2 aromatic carbocycles. The molecule has 2 N–H and O–H groups in total. The lowest BCUT2D eigenvalue weighted by molar-refractivity contribution is 0.0937. The van der Waals surface area contributed by atoms with Crippen molar-refractivity contribution in [1.82, 2.24) is 15.5 Å². The second-order valence-corrected chi connectivity index (χ2v) is 7.34. The maximum absolute atomic E-state index is 12.9. The van der Waals surface area contributed by atoms with Gasteiger partial charge in [0.05, 0.1) is 23.3 Å². The number of amides is 1. The van der Waals surface area contributed by atoms with Crippen molar-refractivity contribution in [1.29, 1.82) is 0 Å². The van der Waals surface area contributed by atoms with Crippen LogP contribution in [-0.4, -0.2) is 23.2 Å². The van der Waals surface area contributed by atoms with Crippen molar-refractivity contribution in [3.05, 3.63) is 81.6 Å². The van der Waals surface area contributed by atoms with E-state index < -0.39 is 0 Å². The number of aromatic nitrogens is 2. The van der Waals surface area contributed by atoms with Gasteiger partial charge in [-0.1, -0.05) is 56.3 Å². The monoisotopic (exact) mass is 427 g/mol. The zero-order valence-electron chi connectivity index (χ0n) is 15.5. The fourth-order valence-electron chi connectivity index (χ4n) is 2.88. The second-order valence-electron chi connectivity index (χ2n) is 6.54. The number of hydrogen-bond acceptors (Lipinski definition) is 3. The number of hydrogen-bond donors (Lipinski definition) is 2. The van der Waals surface area contributed by atoms with Crippen LogP contribution in [0, 0.1) is 0 Å². The number of carbonyl (C=O) groups excluding carboxylic acids is 1. The van der Waals surface area contributed by atoms with Crippen molar-refractivity contribution in [3.8, 4) is 5.75 Å². The molecule has 0 bridgehead atoms. The van der Waals surface area contributed by atoms with E-state index in [1.165, 1.54) is 0 Å². The van der Waals surface area contributed by atoms with Crippen molar-refractivity contribution >= 4 is 21.8 Å². The van der Waals surface area contributed by atoms with E-state index in [4.69, 9.17) is 4.74 Å². The Morgan fingerprint density at radius 2 is 1.70 bits per heavy atom. The number of benzene rings is 2. The lowest BCUT2D eigenvalue weighted by Crippen LogP contribution is -2.29. The van der Waals surface area contributed by atoms with Crippen LogP contribution in [0.25, 0.3) is 0 Å². The van der Waals surface area contributed by atoms with Crippen LogP contribution >= 0.6 is 15.9 Å². The highest BCUT2D eigenvalue weighted by atomic mass is 79.9. The van der Waals surface area contributed by atoms with Gasteiger partial charge in [0.2, 0.25) is 0 Å². The predicted octanol–water partition coefficient (Wildman–Crippen LogP) is 4.82. The minimum atomic E-state index is -0.296. The Labute approximate surface area is 167 Å². The molecule has 3 rings (SSSR count). The molecule has 0 spiro atoms. The van der Waals surface area contributed by atoms with Gasteiger partial charge in [-0.05, 0) is 45.1 Å². The minimum absolute atomic E-state index is 0.236. The summed E-state index contributed by atoms with van der Waals surface area (Å²) in [6.07, 6.45) is 0. The first-order chi connectivity index (χ1) is 13.0.